The molecule has 264 valence electrons. The second kappa shape index (κ2) is 15.1. The Morgan fingerprint density at radius 2 is 1.43 bits per heavy atom. The van der Waals surface area contributed by atoms with Crippen LogP contribution in [0.3, 0.4) is 0 Å². The zero-order valence-electron chi connectivity index (χ0n) is 29.0. The molecule has 1 atom stereocenters. The van der Waals surface area contributed by atoms with Crippen LogP contribution < -0.4 is 10.3 Å². The highest BCUT2D eigenvalue weighted by Gasteiger charge is 2.65. The molecule has 1 spiro atoms. The molecule has 0 aliphatic carbocycles. The molecular formula is C33H42N6O9S. The third kappa shape index (κ3) is 8.01. The van der Waals surface area contributed by atoms with Crippen molar-refractivity contribution in [3.63, 3.8) is 0 Å². The van der Waals surface area contributed by atoms with Gasteiger partial charge in [-0.25, -0.2) is 29.6 Å². The first kappa shape index (κ1) is 36.8. The zero-order chi connectivity index (χ0) is 36.2. The number of anilines is 1. The van der Waals surface area contributed by atoms with Crippen LogP contribution in [0.4, 0.5) is 24.9 Å². The first-order valence-electron chi connectivity index (χ1n) is 15.8. The van der Waals surface area contributed by atoms with Gasteiger partial charge in [0.25, 0.3) is 11.6 Å². The van der Waals surface area contributed by atoms with Gasteiger partial charge < -0.3 is 23.8 Å². The Morgan fingerprint density at radius 1 is 0.837 bits per heavy atom. The van der Waals surface area contributed by atoms with Crippen LogP contribution >= 0.6 is 11.9 Å². The molecule has 2 heterocycles. The molecule has 1 unspecified atom stereocenters. The van der Waals surface area contributed by atoms with Gasteiger partial charge in [0.05, 0.1) is 48.6 Å². The van der Waals surface area contributed by atoms with Gasteiger partial charge in [0.1, 0.15) is 0 Å². The molecule has 0 saturated carbocycles. The standard InChI is InChI=1S/C33H42N6O9S/c1-19(2)45-29(41)35-39(32(44)48-22(7)8)49-28-34-33(38(31(43)47-21(5)6)37(28)30(42)46-20(3)4)25-17-23(9)15-16-26(25)36(27(33)40)18-24-13-11-10-12-14-24/h10-17,19-22H,18H2,1-9H3,(H,35,41). The lowest BCUT2D eigenvalue weighted by Crippen LogP contribution is -2.59. The van der Waals surface area contributed by atoms with Crippen LogP contribution in [-0.4, -0.2) is 74.3 Å². The maximum Gasteiger partial charge on any atom is 0.440 e. The van der Waals surface area contributed by atoms with Crippen molar-refractivity contribution in [1.29, 1.82) is 0 Å². The number of ether oxygens (including phenoxy) is 4. The van der Waals surface area contributed by atoms with Crippen LogP contribution in [0.5, 0.6) is 0 Å². The molecular weight excluding hydrogens is 656 g/mol. The van der Waals surface area contributed by atoms with Crippen molar-refractivity contribution in [2.75, 3.05) is 4.90 Å². The van der Waals surface area contributed by atoms with Crippen molar-refractivity contribution in [1.82, 2.24) is 19.9 Å². The first-order valence-corrected chi connectivity index (χ1v) is 16.6. The molecule has 15 nitrogen and oxygen atoms in total. The fourth-order valence-electron chi connectivity index (χ4n) is 4.97. The lowest BCUT2D eigenvalue weighted by Gasteiger charge is -2.36. The van der Waals surface area contributed by atoms with E-state index in [9.17, 15) is 24.0 Å². The normalized spacial score (nSPS) is 16.8. The Labute approximate surface area is 289 Å². The van der Waals surface area contributed by atoms with Crippen molar-refractivity contribution >= 4 is 53.1 Å². The van der Waals surface area contributed by atoms with E-state index in [0.29, 0.717) is 22.0 Å². The molecule has 0 aromatic heterocycles. The van der Waals surface area contributed by atoms with Crippen molar-refractivity contribution in [2.45, 2.75) is 98.9 Å². The van der Waals surface area contributed by atoms with Crippen LogP contribution in [0.2, 0.25) is 0 Å². The summed E-state index contributed by atoms with van der Waals surface area (Å²) in [5.74, 6) is -0.681. The Hall–Kier alpha value is -4.99. The zero-order valence-corrected chi connectivity index (χ0v) is 29.8. The van der Waals surface area contributed by atoms with E-state index in [2.05, 4.69) is 5.43 Å². The van der Waals surface area contributed by atoms with E-state index in [1.54, 1.807) is 67.5 Å². The minimum Gasteiger partial charge on any atom is -0.446 e. The number of amidine groups is 1. The Bertz CT molecular complexity index is 1620. The van der Waals surface area contributed by atoms with Gasteiger partial charge in [0.2, 0.25) is 5.17 Å². The molecule has 0 bridgehead atoms. The van der Waals surface area contributed by atoms with Crippen LogP contribution in [0.1, 0.15) is 72.1 Å². The summed E-state index contributed by atoms with van der Waals surface area (Å²) in [6.07, 6.45) is -6.80. The van der Waals surface area contributed by atoms with E-state index in [-0.39, 0.29) is 17.3 Å². The number of nitrogens with one attached hydrogen (secondary N) is 1. The number of carbonyl (C=O) groups is 5. The van der Waals surface area contributed by atoms with Crippen molar-refractivity contribution in [2.24, 2.45) is 4.99 Å². The van der Waals surface area contributed by atoms with Gasteiger partial charge in [-0.2, -0.15) is 10.0 Å². The second-order valence-electron chi connectivity index (χ2n) is 12.3. The lowest BCUT2D eigenvalue weighted by molar-refractivity contribution is -0.134. The third-order valence-electron chi connectivity index (χ3n) is 6.72. The molecule has 4 rings (SSSR count). The molecule has 2 aromatic rings. The van der Waals surface area contributed by atoms with E-state index in [0.717, 1.165) is 21.1 Å². The molecule has 5 amide bonds. The summed E-state index contributed by atoms with van der Waals surface area (Å²) >= 11 is 0.410. The van der Waals surface area contributed by atoms with Crippen molar-refractivity contribution in [3.05, 3.63) is 65.2 Å². The number of benzene rings is 2. The van der Waals surface area contributed by atoms with Crippen LogP contribution in [0, 0.1) is 6.92 Å². The molecule has 1 N–H and O–H groups in total. The summed E-state index contributed by atoms with van der Waals surface area (Å²) in [6, 6.07) is 14.5. The molecule has 2 aliphatic rings. The summed E-state index contributed by atoms with van der Waals surface area (Å²) < 4.78 is 22.3. The molecule has 0 radical (unpaired) electrons. The molecule has 2 aliphatic heterocycles. The highest BCUT2D eigenvalue weighted by atomic mass is 32.2. The van der Waals surface area contributed by atoms with Gasteiger partial charge in [-0.05, 0) is 80.0 Å². The predicted molar refractivity (Wildman–Crippen MR) is 181 cm³/mol. The number of hydrogen-bond donors (Lipinski definition) is 1. The van der Waals surface area contributed by atoms with Crippen LogP contribution in [-0.2, 0) is 35.9 Å². The highest BCUT2D eigenvalue weighted by molar-refractivity contribution is 8.12. The van der Waals surface area contributed by atoms with Crippen LogP contribution in [0.15, 0.2) is 53.5 Å². The topological polar surface area (TPSA) is 160 Å². The maximum atomic E-state index is 14.9. The van der Waals surface area contributed by atoms with E-state index < -0.39 is 60.4 Å². The maximum absolute atomic E-state index is 14.9. The average Bonchev–Trinajstić information content (AvgIpc) is 3.44. The number of hydrogen-bond acceptors (Lipinski definition) is 11. The van der Waals surface area contributed by atoms with Crippen molar-refractivity contribution in [3.8, 4) is 0 Å². The quantitative estimate of drug-likeness (QED) is 0.209. The predicted octanol–water partition coefficient (Wildman–Crippen LogP) is 6.22. The number of nitrogens with zero attached hydrogens (tertiary/aromatic N) is 5. The highest BCUT2D eigenvalue weighted by Crippen LogP contribution is 2.51. The Balaban J connectivity index is 1.96. The van der Waals surface area contributed by atoms with Gasteiger partial charge in [-0.1, -0.05) is 42.0 Å². The molecule has 0 saturated heterocycles. The monoisotopic (exact) mass is 698 g/mol. The summed E-state index contributed by atoms with van der Waals surface area (Å²) in [5, 5.41) is 1.14. The summed E-state index contributed by atoms with van der Waals surface area (Å²) in [6.45, 7) is 14.8. The van der Waals surface area contributed by atoms with Crippen LogP contribution in [0.25, 0.3) is 0 Å². The summed E-state index contributed by atoms with van der Waals surface area (Å²) in [5.41, 5.74) is 2.29. The SMILES string of the molecule is Cc1ccc2c(c1)C1(N=C(SN(NC(=O)OC(C)C)C(=O)OC(C)C)N(C(=O)OC(C)C)N1C(=O)OC(C)C)C(=O)N2Cc1ccccc1. The van der Waals surface area contributed by atoms with Gasteiger partial charge >= 0.3 is 24.4 Å². The second-order valence-corrected chi connectivity index (χ2v) is 13.2. The average molecular weight is 699 g/mol. The Kier molecular flexibility index (Phi) is 11.3. The smallest absolute Gasteiger partial charge is 0.440 e. The number of aliphatic imine (C=N–C) groups is 1. The molecule has 16 heteroatoms. The minimum absolute atomic E-state index is 0.106. The van der Waals surface area contributed by atoms with Gasteiger partial charge in [-0.15, -0.1) is 4.41 Å². The van der Waals surface area contributed by atoms with E-state index in [4.69, 9.17) is 23.9 Å². The summed E-state index contributed by atoms with van der Waals surface area (Å²) in [7, 11) is 0. The van der Waals surface area contributed by atoms with Gasteiger partial charge in [-0.3, -0.25) is 4.79 Å². The van der Waals surface area contributed by atoms with E-state index >= 15 is 0 Å². The van der Waals surface area contributed by atoms with E-state index in [1.165, 1.54) is 4.90 Å². The van der Waals surface area contributed by atoms with Gasteiger partial charge in [0.15, 0.2) is 0 Å². The number of fused-ring (bicyclic) bond motifs is 2. The number of amides is 5. The van der Waals surface area contributed by atoms with E-state index in [1.807, 2.05) is 43.3 Å². The molecule has 49 heavy (non-hydrogen) atoms. The summed E-state index contributed by atoms with van der Waals surface area (Å²) in [4.78, 5) is 75.2. The van der Waals surface area contributed by atoms with Crippen molar-refractivity contribution < 1.29 is 42.9 Å². The number of rotatable bonds is 6. The first-order chi connectivity index (χ1) is 23.0. The largest absolute Gasteiger partial charge is 0.446 e. The molecule has 0 fully saturated rings. The third-order valence-corrected chi connectivity index (χ3v) is 7.57. The fourth-order valence-corrected chi connectivity index (χ4v) is 5.78. The minimum atomic E-state index is -2.23. The fraction of sp³-hybridized carbons (Fsp3) is 0.455. The molecule has 2 aromatic carbocycles. The Morgan fingerprint density at radius 3 is 2.02 bits per heavy atom. The number of hydrazine groups is 2. The number of aryl methyl sites for hydroxylation is 1. The van der Waals surface area contributed by atoms with Gasteiger partial charge in [0, 0.05) is 5.56 Å². The lowest BCUT2D eigenvalue weighted by atomic mass is 9.99. The number of carbonyl (C=O) groups excluding carboxylic acids is 5.